The Balaban J connectivity index is 1.58. The summed E-state index contributed by atoms with van der Waals surface area (Å²) in [5.74, 6) is 0.318. The Morgan fingerprint density at radius 2 is 0.917 bits per heavy atom. The molecule has 182 valence electrons. The molecule has 4 rings (SSSR count). The Bertz CT molecular complexity index is 1290. The number of nitrogens with zero attached hydrogens (tertiary/aromatic N) is 4. The third-order valence-corrected chi connectivity index (χ3v) is 6.63. The molecular formula is C30H30N4O2. The highest BCUT2D eigenvalue weighted by Crippen LogP contribution is 2.32. The van der Waals surface area contributed by atoms with Crippen LogP contribution in [0.15, 0.2) is 95.4 Å². The first-order valence-corrected chi connectivity index (χ1v) is 11.7. The third kappa shape index (κ3) is 5.49. The summed E-state index contributed by atoms with van der Waals surface area (Å²) in [5, 5.41) is 20.8. The Hall–Kier alpha value is -4.32. The second-order valence-electron chi connectivity index (χ2n) is 9.65. The van der Waals surface area contributed by atoms with E-state index in [-0.39, 0.29) is 11.5 Å². The number of aromatic nitrogens is 2. The Morgan fingerprint density at radius 1 is 0.556 bits per heavy atom. The molecule has 6 heteroatoms. The summed E-state index contributed by atoms with van der Waals surface area (Å²) < 4.78 is 0. The smallest absolute Gasteiger partial charge is 0.124 e. The molecule has 0 saturated heterocycles. The van der Waals surface area contributed by atoms with Crippen LogP contribution in [-0.4, -0.2) is 43.7 Å². The van der Waals surface area contributed by atoms with E-state index in [1.165, 1.54) is 0 Å². The van der Waals surface area contributed by atoms with Crippen LogP contribution in [0, 0.1) is 0 Å². The molecule has 36 heavy (non-hydrogen) atoms. The number of rotatable bonds is 7. The molecule has 0 radical (unpaired) electrons. The van der Waals surface area contributed by atoms with Gasteiger partial charge in [-0.05, 0) is 98.5 Å². The van der Waals surface area contributed by atoms with Gasteiger partial charge in [0.2, 0.25) is 0 Å². The molecule has 2 aromatic heterocycles. The minimum atomic E-state index is -0.610. The van der Waals surface area contributed by atoms with Crippen molar-refractivity contribution in [2.75, 3.05) is 0 Å². The van der Waals surface area contributed by atoms with Crippen LogP contribution in [0.4, 0.5) is 0 Å². The van der Waals surface area contributed by atoms with Crippen LogP contribution in [-0.2, 0) is 0 Å². The van der Waals surface area contributed by atoms with E-state index in [1.807, 2.05) is 76.2 Å². The van der Waals surface area contributed by atoms with Crippen LogP contribution in [0.3, 0.4) is 0 Å². The van der Waals surface area contributed by atoms with Gasteiger partial charge in [-0.2, -0.15) is 0 Å². The molecule has 0 aliphatic carbocycles. The van der Waals surface area contributed by atoms with Gasteiger partial charge in [-0.15, -0.1) is 0 Å². The zero-order valence-corrected chi connectivity index (χ0v) is 20.9. The van der Waals surface area contributed by atoms with Gasteiger partial charge in [-0.25, -0.2) is 0 Å². The normalized spacial score (nSPS) is 12.4. The van der Waals surface area contributed by atoms with Crippen LogP contribution in [0.25, 0.3) is 22.3 Å². The zero-order chi connectivity index (χ0) is 25.8. The van der Waals surface area contributed by atoms with Crippen LogP contribution in [0.1, 0.15) is 38.8 Å². The van der Waals surface area contributed by atoms with Gasteiger partial charge in [0.25, 0.3) is 0 Å². The van der Waals surface area contributed by atoms with Crippen LogP contribution in [0.5, 0.6) is 11.5 Å². The molecule has 0 atom stereocenters. The van der Waals surface area contributed by atoms with E-state index in [0.29, 0.717) is 11.1 Å². The zero-order valence-electron chi connectivity index (χ0n) is 20.9. The minimum Gasteiger partial charge on any atom is -0.507 e. The van der Waals surface area contributed by atoms with E-state index >= 15 is 0 Å². The maximum atomic E-state index is 10.4. The van der Waals surface area contributed by atoms with E-state index in [2.05, 4.69) is 9.97 Å². The molecule has 4 aromatic rings. The summed E-state index contributed by atoms with van der Waals surface area (Å²) >= 11 is 0. The summed E-state index contributed by atoms with van der Waals surface area (Å²) in [4.78, 5) is 17.8. The van der Waals surface area contributed by atoms with Gasteiger partial charge in [0.1, 0.15) is 11.5 Å². The molecule has 0 aliphatic rings. The second kappa shape index (κ2) is 10.1. The van der Waals surface area contributed by atoms with Gasteiger partial charge < -0.3 is 10.2 Å². The Labute approximate surface area is 211 Å². The second-order valence-corrected chi connectivity index (χ2v) is 9.65. The molecule has 0 unspecified atom stereocenters. The molecule has 0 fully saturated rings. The number of aliphatic imine (C=N–C) groups is 2. The Kier molecular flexibility index (Phi) is 6.97. The van der Waals surface area contributed by atoms with Crippen molar-refractivity contribution in [1.29, 1.82) is 0 Å². The van der Waals surface area contributed by atoms with Gasteiger partial charge in [0, 0.05) is 48.3 Å². The van der Waals surface area contributed by atoms with Crippen molar-refractivity contribution in [3.05, 3.63) is 96.6 Å². The topological polar surface area (TPSA) is 91.0 Å². The predicted molar refractivity (Wildman–Crippen MR) is 146 cm³/mol. The van der Waals surface area contributed by atoms with Crippen LogP contribution in [0.2, 0.25) is 0 Å². The molecule has 2 heterocycles. The summed E-state index contributed by atoms with van der Waals surface area (Å²) in [6.07, 6.45) is 10.3. The number of benzene rings is 2. The average Bonchev–Trinajstić information content (AvgIpc) is 2.88. The van der Waals surface area contributed by atoms with Gasteiger partial charge in [0.05, 0.1) is 11.1 Å². The number of phenolic OH excluding ortho intramolecular Hbond substituents is 2. The van der Waals surface area contributed by atoms with Crippen molar-refractivity contribution < 1.29 is 10.2 Å². The number of pyridine rings is 2. The van der Waals surface area contributed by atoms with Gasteiger partial charge in [-0.1, -0.05) is 12.1 Å². The maximum Gasteiger partial charge on any atom is 0.124 e. The number of hydrogen-bond acceptors (Lipinski definition) is 6. The van der Waals surface area contributed by atoms with E-state index < -0.39 is 11.1 Å². The van der Waals surface area contributed by atoms with E-state index in [1.54, 1.807) is 49.3 Å². The Morgan fingerprint density at radius 3 is 1.28 bits per heavy atom. The number of aromatic hydroxyl groups is 2. The quantitative estimate of drug-likeness (QED) is 0.304. The summed E-state index contributed by atoms with van der Waals surface area (Å²) in [5.41, 5.74) is 3.99. The third-order valence-electron chi connectivity index (χ3n) is 6.63. The largest absolute Gasteiger partial charge is 0.507 e. The lowest BCUT2D eigenvalue weighted by Crippen LogP contribution is -2.42. The molecule has 0 saturated carbocycles. The van der Waals surface area contributed by atoms with Crippen molar-refractivity contribution in [2.24, 2.45) is 9.98 Å². The lowest BCUT2D eigenvalue weighted by Gasteiger charge is -2.35. The van der Waals surface area contributed by atoms with Crippen molar-refractivity contribution in [2.45, 2.75) is 38.8 Å². The summed E-state index contributed by atoms with van der Waals surface area (Å²) in [6, 6.07) is 18.6. The maximum absolute atomic E-state index is 10.4. The number of phenols is 2. The molecule has 2 N–H and O–H groups in total. The van der Waals surface area contributed by atoms with E-state index in [4.69, 9.17) is 9.98 Å². The molecule has 0 bridgehead atoms. The fourth-order valence-electron chi connectivity index (χ4n) is 3.54. The van der Waals surface area contributed by atoms with E-state index in [0.717, 1.165) is 22.3 Å². The first-order valence-electron chi connectivity index (χ1n) is 11.7. The van der Waals surface area contributed by atoms with Crippen molar-refractivity contribution >= 4 is 12.4 Å². The summed E-state index contributed by atoms with van der Waals surface area (Å²) in [6.45, 7) is 7.99. The van der Waals surface area contributed by atoms with Crippen LogP contribution < -0.4 is 0 Å². The average molecular weight is 479 g/mol. The lowest BCUT2D eigenvalue weighted by atomic mass is 9.83. The first kappa shape index (κ1) is 24.8. The van der Waals surface area contributed by atoms with Crippen LogP contribution >= 0.6 is 0 Å². The molecule has 0 amide bonds. The van der Waals surface area contributed by atoms with Gasteiger partial charge in [-0.3, -0.25) is 20.0 Å². The monoisotopic (exact) mass is 478 g/mol. The first-order chi connectivity index (χ1) is 17.2. The highest BCUT2D eigenvalue weighted by atomic mass is 16.3. The molecule has 0 aliphatic heterocycles. The molecule has 2 aromatic carbocycles. The van der Waals surface area contributed by atoms with Gasteiger partial charge in [0.15, 0.2) is 0 Å². The minimum absolute atomic E-state index is 0.159. The standard InChI is InChI=1S/C30H30N4O2/c1-29(2,33-19-25-17-23(5-7-27(25)35)21-9-13-31-14-10-21)30(3,4)34-20-26-18-24(6-8-28(26)36)22-11-15-32-16-12-22/h5-20,35-36H,1-4H3. The lowest BCUT2D eigenvalue weighted by molar-refractivity contribution is 0.317. The number of hydrogen-bond donors (Lipinski definition) is 2. The fourth-order valence-corrected chi connectivity index (χ4v) is 3.54. The highest BCUT2D eigenvalue weighted by Gasteiger charge is 2.36. The fraction of sp³-hybridized carbons (Fsp3) is 0.200. The summed E-state index contributed by atoms with van der Waals surface area (Å²) in [7, 11) is 0. The van der Waals surface area contributed by atoms with Crippen molar-refractivity contribution in [1.82, 2.24) is 9.97 Å². The van der Waals surface area contributed by atoms with E-state index in [9.17, 15) is 10.2 Å². The van der Waals surface area contributed by atoms with Crippen molar-refractivity contribution in [3.8, 4) is 33.8 Å². The molecular weight excluding hydrogens is 448 g/mol. The molecule has 0 spiro atoms. The van der Waals surface area contributed by atoms with Crippen molar-refractivity contribution in [3.63, 3.8) is 0 Å². The molecule has 6 nitrogen and oxygen atoms in total. The SMILES string of the molecule is CC(C)(N=Cc1cc(-c2ccncc2)ccc1O)C(C)(C)N=Cc1cc(-c2ccncc2)ccc1O. The van der Waals surface area contributed by atoms with Gasteiger partial charge >= 0.3 is 0 Å². The predicted octanol–water partition coefficient (Wildman–Crippen LogP) is 6.32. The highest BCUT2D eigenvalue weighted by molar-refractivity contribution is 5.87.